The fourth-order valence-electron chi connectivity index (χ4n) is 4.35. The minimum Gasteiger partial charge on any atom is -0.493 e. The van der Waals surface area contributed by atoms with Crippen LogP contribution in [0.3, 0.4) is 0 Å². The van der Waals surface area contributed by atoms with Gasteiger partial charge in [0.05, 0.1) is 19.9 Å². The molecule has 2 fully saturated rings. The maximum Gasteiger partial charge on any atom is 0.161 e. The Morgan fingerprint density at radius 1 is 1.04 bits per heavy atom. The molecule has 1 aromatic heterocycles. The number of hydrogen-bond acceptors (Lipinski definition) is 4. The van der Waals surface area contributed by atoms with Crippen LogP contribution in [0.5, 0.6) is 11.5 Å². The number of fused-ring (bicyclic) bond motifs is 2. The van der Waals surface area contributed by atoms with Crippen molar-refractivity contribution >= 4 is 0 Å². The summed E-state index contributed by atoms with van der Waals surface area (Å²) in [5, 5.41) is 0. The van der Waals surface area contributed by atoms with Crippen molar-refractivity contribution in [2.45, 2.75) is 25.2 Å². The first-order chi connectivity index (χ1) is 12.3. The number of methoxy groups -OCH3 is 2. The maximum atomic E-state index is 5.40. The third-order valence-electron chi connectivity index (χ3n) is 5.64. The SMILES string of the molecule is COc1ccc(-c2ccc(C3CC4CCCN(C4)C3)cn2)cc1OC. The Balaban J connectivity index is 1.54. The second-order valence-electron chi connectivity index (χ2n) is 7.25. The molecule has 3 atom stereocenters. The summed E-state index contributed by atoms with van der Waals surface area (Å²) >= 11 is 0. The van der Waals surface area contributed by atoms with Gasteiger partial charge in [0.15, 0.2) is 11.5 Å². The van der Waals surface area contributed by atoms with E-state index >= 15 is 0 Å². The number of rotatable bonds is 4. The zero-order valence-electron chi connectivity index (χ0n) is 15.1. The lowest BCUT2D eigenvalue weighted by molar-refractivity contribution is 0.108. The van der Waals surface area contributed by atoms with Crippen LogP contribution in [0.4, 0.5) is 0 Å². The summed E-state index contributed by atoms with van der Waals surface area (Å²) in [6, 6.07) is 10.3. The summed E-state index contributed by atoms with van der Waals surface area (Å²) in [5.41, 5.74) is 3.40. The molecule has 0 N–H and O–H groups in total. The molecule has 3 heterocycles. The third-order valence-corrected chi connectivity index (χ3v) is 5.64. The smallest absolute Gasteiger partial charge is 0.161 e. The van der Waals surface area contributed by atoms with E-state index in [0.29, 0.717) is 5.92 Å². The van der Waals surface area contributed by atoms with Gasteiger partial charge in [0.1, 0.15) is 0 Å². The summed E-state index contributed by atoms with van der Waals surface area (Å²) < 4.78 is 10.7. The van der Waals surface area contributed by atoms with Crippen LogP contribution < -0.4 is 9.47 Å². The van der Waals surface area contributed by atoms with Crippen molar-refractivity contribution in [2.75, 3.05) is 33.9 Å². The van der Waals surface area contributed by atoms with Crippen molar-refractivity contribution in [1.29, 1.82) is 0 Å². The standard InChI is InChI=1S/C21H26N2O2/c1-24-20-8-6-16(11-21(20)25-2)19-7-5-17(12-22-19)18-10-15-4-3-9-23(13-15)14-18/h5-8,11-12,15,18H,3-4,9-10,13-14H2,1-2H3. The summed E-state index contributed by atoms with van der Waals surface area (Å²) in [5.74, 6) is 2.98. The lowest BCUT2D eigenvalue weighted by atomic mass is 9.80. The Kier molecular flexibility index (Phi) is 4.62. The normalized spacial score (nSPS) is 25.4. The highest BCUT2D eigenvalue weighted by molar-refractivity contribution is 5.64. The minimum atomic E-state index is 0.631. The summed E-state index contributed by atoms with van der Waals surface area (Å²) in [7, 11) is 3.31. The Labute approximate surface area is 149 Å². The van der Waals surface area contributed by atoms with E-state index in [9.17, 15) is 0 Å². The van der Waals surface area contributed by atoms with Crippen molar-refractivity contribution in [2.24, 2.45) is 5.92 Å². The minimum absolute atomic E-state index is 0.631. The molecule has 2 aromatic rings. The number of hydrogen-bond donors (Lipinski definition) is 0. The molecule has 0 spiro atoms. The van der Waals surface area contributed by atoms with Gasteiger partial charge < -0.3 is 14.4 Å². The lowest BCUT2D eigenvalue weighted by Crippen LogP contribution is -2.43. The molecular weight excluding hydrogens is 312 g/mol. The largest absolute Gasteiger partial charge is 0.493 e. The van der Waals surface area contributed by atoms with Gasteiger partial charge in [-0.3, -0.25) is 4.98 Å². The Hall–Kier alpha value is -2.07. The van der Waals surface area contributed by atoms with Crippen molar-refractivity contribution < 1.29 is 9.47 Å². The highest BCUT2D eigenvalue weighted by atomic mass is 16.5. The van der Waals surface area contributed by atoms with E-state index in [2.05, 4.69) is 23.2 Å². The third kappa shape index (κ3) is 3.36. The summed E-state index contributed by atoms with van der Waals surface area (Å²) in [6.07, 6.45) is 6.14. The number of piperidine rings is 2. The first kappa shape index (κ1) is 16.4. The molecular formula is C21H26N2O2. The summed E-state index contributed by atoms with van der Waals surface area (Å²) in [6.45, 7) is 3.76. The molecule has 4 heteroatoms. The van der Waals surface area contributed by atoms with Crippen LogP contribution in [-0.2, 0) is 0 Å². The van der Waals surface area contributed by atoms with Gasteiger partial charge in [0.2, 0.25) is 0 Å². The highest BCUT2D eigenvalue weighted by Crippen LogP contribution is 2.36. The molecule has 132 valence electrons. The average Bonchev–Trinajstić information content (AvgIpc) is 2.67. The van der Waals surface area contributed by atoms with Crippen LogP contribution >= 0.6 is 0 Å². The first-order valence-corrected chi connectivity index (χ1v) is 9.17. The van der Waals surface area contributed by atoms with E-state index in [1.54, 1.807) is 14.2 Å². The maximum absolute atomic E-state index is 5.40. The molecule has 4 rings (SSSR count). The van der Waals surface area contributed by atoms with Gasteiger partial charge in [0, 0.05) is 24.8 Å². The molecule has 1 aromatic carbocycles. The monoisotopic (exact) mass is 338 g/mol. The van der Waals surface area contributed by atoms with Gasteiger partial charge >= 0.3 is 0 Å². The molecule has 4 nitrogen and oxygen atoms in total. The Morgan fingerprint density at radius 3 is 2.64 bits per heavy atom. The quantitative estimate of drug-likeness (QED) is 0.845. The number of aromatic nitrogens is 1. The molecule has 2 bridgehead atoms. The predicted octanol–water partition coefficient (Wildman–Crippen LogP) is 3.97. The van der Waals surface area contributed by atoms with E-state index in [0.717, 1.165) is 28.7 Å². The zero-order valence-corrected chi connectivity index (χ0v) is 15.1. The van der Waals surface area contributed by atoms with Crippen LogP contribution in [0.2, 0.25) is 0 Å². The molecule has 2 saturated heterocycles. The number of ether oxygens (including phenoxy) is 2. The van der Waals surface area contributed by atoms with E-state index in [1.165, 1.54) is 44.5 Å². The Morgan fingerprint density at radius 2 is 1.92 bits per heavy atom. The van der Waals surface area contributed by atoms with Crippen molar-refractivity contribution in [1.82, 2.24) is 9.88 Å². The zero-order chi connectivity index (χ0) is 17.2. The van der Waals surface area contributed by atoms with Crippen molar-refractivity contribution in [3.63, 3.8) is 0 Å². The van der Waals surface area contributed by atoms with Gasteiger partial charge in [-0.2, -0.15) is 0 Å². The lowest BCUT2D eigenvalue weighted by Gasteiger charge is -2.41. The van der Waals surface area contributed by atoms with E-state index in [1.807, 2.05) is 18.2 Å². The van der Waals surface area contributed by atoms with E-state index in [-0.39, 0.29) is 0 Å². The first-order valence-electron chi connectivity index (χ1n) is 9.17. The predicted molar refractivity (Wildman–Crippen MR) is 99.3 cm³/mol. The van der Waals surface area contributed by atoms with Crippen molar-refractivity contribution in [3.05, 3.63) is 42.1 Å². The fourth-order valence-corrected chi connectivity index (χ4v) is 4.35. The average molecular weight is 338 g/mol. The molecule has 3 unspecified atom stereocenters. The van der Waals surface area contributed by atoms with Gasteiger partial charge in [-0.25, -0.2) is 0 Å². The molecule has 2 aliphatic rings. The number of nitrogens with zero attached hydrogens (tertiary/aromatic N) is 2. The molecule has 0 aliphatic carbocycles. The second-order valence-corrected chi connectivity index (χ2v) is 7.25. The van der Waals surface area contributed by atoms with E-state index in [4.69, 9.17) is 14.5 Å². The van der Waals surface area contributed by atoms with Crippen LogP contribution in [0.15, 0.2) is 36.5 Å². The van der Waals surface area contributed by atoms with Gasteiger partial charge in [0.25, 0.3) is 0 Å². The number of pyridine rings is 1. The molecule has 2 aliphatic heterocycles. The Bertz CT molecular complexity index is 717. The number of benzene rings is 1. The molecule has 0 amide bonds. The van der Waals surface area contributed by atoms with Crippen LogP contribution in [-0.4, -0.2) is 43.7 Å². The molecule has 0 radical (unpaired) electrons. The van der Waals surface area contributed by atoms with Crippen molar-refractivity contribution in [3.8, 4) is 22.8 Å². The fraction of sp³-hybridized carbons (Fsp3) is 0.476. The second kappa shape index (κ2) is 7.04. The van der Waals surface area contributed by atoms with Crippen LogP contribution in [0, 0.1) is 5.92 Å². The topological polar surface area (TPSA) is 34.6 Å². The molecule has 0 saturated carbocycles. The summed E-state index contributed by atoms with van der Waals surface area (Å²) in [4.78, 5) is 7.36. The van der Waals surface area contributed by atoms with Crippen LogP contribution in [0.1, 0.15) is 30.7 Å². The van der Waals surface area contributed by atoms with E-state index < -0.39 is 0 Å². The van der Waals surface area contributed by atoms with Gasteiger partial charge in [-0.1, -0.05) is 6.07 Å². The molecule has 25 heavy (non-hydrogen) atoms. The van der Waals surface area contributed by atoms with Gasteiger partial charge in [-0.15, -0.1) is 0 Å². The van der Waals surface area contributed by atoms with Gasteiger partial charge in [-0.05, 0) is 67.5 Å². The highest BCUT2D eigenvalue weighted by Gasteiger charge is 2.30. The van der Waals surface area contributed by atoms with Crippen LogP contribution in [0.25, 0.3) is 11.3 Å².